The van der Waals surface area contributed by atoms with Gasteiger partial charge in [0.1, 0.15) is 0 Å². The molecule has 24 heavy (non-hydrogen) atoms. The number of hydrogen-bond acceptors (Lipinski definition) is 7. The number of methoxy groups -OCH3 is 2. The minimum absolute atomic E-state index is 0.0399. The summed E-state index contributed by atoms with van der Waals surface area (Å²) in [5.74, 6) is -0.352. The lowest BCUT2D eigenvalue weighted by molar-refractivity contribution is -0.134. The fraction of sp³-hybridized carbons (Fsp3) is 0.438. The Bertz CT molecular complexity index is 635. The molecule has 0 atom stereocenters. The van der Waals surface area contributed by atoms with Gasteiger partial charge in [0.2, 0.25) is 11.8 Å². The van der Waals surface area contributed by atoms with Crippen LogP contribution in [-0.4, -0.2) is 53.3 Å². The second-order valence-electron chi connectivity index (χ2n) is 5.06. The fourth-order valence-corrected chi connectivity index (χ4v) is 2.22. The third kappa shape index (κ3) is 4.15. The van der Waals surface area contributed by atoms with E-state index in [-0.39, 0.29) is 29.2 Å². The predicted octanol–water partition coefficient (Wildman–Crippen LogP) is 1.84. The Morgan fingerprint density at radius 2 is 1.96 bits per heavy atom. The van der Waals surface area contributed by atoms with E-state index in [0.29, 0.717) is 13.1 Å². The van der Waals surface area contributed by atoms with Crippen LogP contribution in [0.25, 0.3) is 0 Å². The van der Waals surface area contributed by atoms with E-state index in [4.69, 9.17) is 14.2 Å². The molecule has 2 rings (SSSR count). The summed E-state index contributed by atoms with van der Waals surface area (Å²) in [6, 6.07) is 1.46. The zero-order valence-electron chi connectivity index (χ0n) is 14.0. The molecule has 0 amide bonds. The molecule has 0 bridgehead atoms. The number of carboxylic acids is 1. The molecule has 0 fully saturated rings. The topological polar surface area (TPSA) is 94.0 Å². The van der Waals surface area contributed by atoms with Crippen molar-refractivity contribution in [2.45, 2.75) is 19.8 Å². The highest BCUT2D eigenvalue weighted by molar-refractivity contribution is 5.87. The molecule has 8 heteroatoms. The molecular formula is C16H21N3O5. The molecule has 0 aromatic carbocycles. The Morgan fingerprint density at radius 1 is 1.29 bits per heavy atom. The Balaban J connectivity index is 2.33. The van der Waals surface area contributed by atoms with Gasteiger partial charge >= 0.3 is 12.0 Å². The van der Waals surface area contributed by atoms with E-state index in [0.717, 1.165) is 12.8 Å². The van der Waals surface area contributed by atoms with Crippen molar-refractivity contribution in [1.82, 2.24) is 14.9 Å². The summed E-state index contributed by atoms with van der Waals surface area (Å²) in [6.07, 6.45) is 5.32. The Labute approximate surface area is 140 Å². The number of aliphatic carboxylic acids is 1. The second-order valence-corrected chi connectivity index (χ2v) is 5.06. The lowest BCUT2D eigenvalue weighted by Crippen LogP contribution is -2.33. The maximum Gasteiger partial charge on any atom is 0.356 e. The van der Waals surface area contributed by atoms with E-state index >= 15 is 0 Å². The molecule has 0 radical (unpaired) electrons. The summed E-state index contributed by atoms with van der Waals surface area (Å²) < 4.78 is 15.7. The summed E-state index contributed by atoms with van der Waals surface area (Å²) in [5, 5.41) is 9.55. The molecule has 1 aliphatic heterocycles. The minimum Gasteiger partial charge on any atom is -0.481 e. The van der Waals surface area contributed by atoms with E-state index in [1.807, 2.05) is 6.08 Å². The van der Waals surface area contributed by atoms with Crippen molar-refractivity contribution >= 4 is 5.97 Å². The Hall–Kier alpha value is -2.77. The molecule has 1 aromatic heterocycles. The maximum absolute atomic E-state index is 11.7. The van der Waals surface area contributed by atoms with Crippen molar-refractivity contribution in [1.29, 1.82) is 0 Å². The normalized spacial score (nSPS) is 13.9. The molecule has 2 heterocycles. The molecular weight excluding hydrogens is 314 g/mol. The SMILES string of the molecule is CCCCN1CC=CC(Oc2nc(OC)cc(OC)n2)=C1C(=O)O. The summed E-state index contributed by atoms with van der Waals surface area (Å²) >= 11 is 0. The van der Waals surface area contributed by atoms with E-state index in [1.54, 1.807) is 11.0 Å². The van der Waals surface area contributed by atoms with Crippen LogP contribution < -0.4 is 14.2 Å². The van der Waals surface area contributed by atoms with Crippen molar-refractivity contribution in [3.8, 4) is 17.8 Å². The standard InChI is InChI=1S/C16H21N3O5/c1-4-5-8-19-9-6-7-11(14(19)15(20)21)24-16-17-12(22-2)10-13(18-16)23-3/h6-7,10H,4-5,8-9H2,1-3H3,(H,20,21). The van der Waals surface area contributed by atoms with E-state index in [1.165, 1.54) is 20.3 Å². The molecule has 0 saturated heterocycles. The van der Waals surface area contributed by atoms with Crippen LogP contribution in [0.15, 0.2) is 29.7 Å². The van der Waals surface area contributed by atoms with Crippen molar-refractivity contribution in [2.24, 2.45) is 0 Å². The smallest absolute Gasteiger partial charge is 0.356 e. The van der Waals surface area contributed by atoms with Gasteiger partial charge in [-0.25, -0.2) is 4.79 Å². The minimum atomic E-state index is -1.06. The van der Waals surface area contributed by atoms with Crippen LogP contribution in [0.2, 0.25) is 0 Å². The van der Waals surface area contributed by atoms with Crippen LogP contribution >= 0.6 is 0 Å². The number of carbonyl (C=O) groups is 1. The third-order valence-electron chi connectivity index (χ3n) is 3.41. The quantitative estimate of drug-likeness (QED) is 0.769. The van der Waals surface area contributed by atoms with Gasteiger partial charge in [-0.1, -0.05) is 19.4 Å². The van der Waals surface area contributed by atoms with Gasteiger partial charge in [-0.3, -0.25) is 0 Å². The highest BCUT2D eigenvalue weighted by atomic mass is 16.5. The second kappa shape index (κ2) is 8.19. The fourth-order valence-electron chi connectivity index (χ4n) is 2.22. The van der Waals surface area contributed by atoms with Gasteiger partial charge in [-0.2, -0.15) is 9.97 Å². The van der Waals surface area contributed by atoms with Gasteiger partial charge in [-0.15, -0.1) is 0 Å². The van der Waals surface area contributed by atoms with Crippen LogP contribution in [0.5, 0.6) is 17.8 Å². The molecule has 8 nitrogen and oxygen atoms in total. The van der Waals surface area contributed by atoms with Gasteiger partial charge in [0.25, 0.3) is 0 Å². The van der Waals surface area contributed by atoms with Crippen LogP contribution in [0.1, 0.15) is 19.8 Å². The summed E-state index contributed by atoms with van der Waals surface area (Å²) in [4.78, 5) is 21.6. The summed E-state index contributed by atoms with van der Waals surface area (Å²) in [6.45, 7) is 3.21. The lowest BCUT2D eigenvalue weighted by atomic mass is 10.2. The first-order valence-corrected chi connectivity index (χ1v) is 7.63. The molecule has 0 aliphatic carbocycles. The van der Waals surface area contributed by atoms with E-state index < -0.39 is 5.97 Å². The predicted molar refractivity (Wildman–Crippen MR) is 86.0 cm³/mol. The molecule has 0 spiro atoms. The van der Waals surface area contributed by atoms with Crippen molar-refractivity contribution in [3.63, 3.8) is 0 Å². The highest BCUT2D eigenvalue weighted by Crippen LogP contribution is 2.24. The molecule has 1 aromatic rings. The number of nitrogens with zero attached hydrogens (tertiary/aromatic N) is 3. The third-order valence-corrected chi connectivity index (χ3v) is 3.41. The van der Waals surface area contributed by atoms with E-state index in [9.17, 15) is 9.90 Å². The first-order valence-electron chi connectivity index (χ1n) is 7.63. The number of aromatic nitrogens is 2. The maximum atomic E-state index is 11.7. The first kappa shape index (κ1) is 17.6. The number of unbranched alkanes of at least 4 members (excludes halogenated alkanes) is 1. The van der Waals surface area contributed by atoms with Crippen molar-refractivity contribution in [2.75, 3.05) is 27.3 Å². The van der Waals surface area contributed by atoms with Crippen molar-refractivity contribution in [3.05, 3.63) is 29.7 Å². The Kier molecular flexibility index (Phi) is 6.00. The van der Waals surface area contributed by atoms with Gasteiger partial charge in [0.15, 0.2) is 11.5 Å². The molecule has 1 aliphatic rings. The number of allylic oxidation sites excluding steroid dienone is 1. The van der Waals surface area contributed by atoms with Crippen LogP contribution in [0.4, 0.5) is 0 Å². The Morgan fingerprint density at radius 3 is 2.50 bits per heavy atom. The highest BCUT2D eigenvalue weighted by Gasteiger charge is 2.25. The van der Waals surface area contributed by atoms with Gasteiger partial charge in [0, 0.05) is 13.1 Å². The van der Waals surface area contributed by atoms with Gasteiger partial charge in [-0.05, 0) is 12.5 Å². The average Bonchev–Trinajstić information content (AvgIpc) is 2.59. The number of carboxylic acid groups (broad SMARTS) is 1. The first-order chi connectivity index (χ1) is 11.6. The van der Waals surface area contributed by atoms with E-state index in [2.05, 4.69) is 16.9 Å². The largest absolute Gasteiger partial charge is 0.481 e. The van der Waals surface area contributed by atoms with Crippen molar-refractivity contribution < 1.29 is 24.1 Å². The van der Waals surface area contributed by atoms with Gasteiger partial charge in [0.05, 0.1) is 20.3 Å². The molecule has 130 valence electrons. The van der Waals surface area contributed by atoms with Crippen LogP contribution in [0.3, 0.4) is 0 Å². The van der Waals surface area contributed by atoms with Crippen LogP contribution in [-0.2, 0) is 4.79 Å². The number of hydrogen-bond donors (Lipinski definition) is 1. The summed E-state index contributed by atoms with van der Waals surface area (Å²) in [5.41, 5.74) is 0.0938. The van der Waals surface area contributed by atoms with Crippen LogP contribution in [0, 0.1) is 0 Å². The summed E-state index contributed by atoms with van der Waals surface area (Å²) in [7, 11) is 2.92. The molecule has 1 N–H and O–H groups in total. The monoisotopic (exact) mass is 335 g/mol. The zero-order chi connectivity index (χ0) is 17.5. The zero-order valence-corrected chi connectivity index (χ0v) is 14.0. The number of rotatable bonds is 8. The molecule has 0 unspecified atom stereocenters. The molecule has 0 saturated carbocycles. The lowest BCUT2D eigenvalue weighted by Gasteiger charge is -2.27. The number of ether oxygens (including phenoxy) is 3. The van der Waals surface area contributed by atoms with Gasteiger partial charge < -0.3 is 24.2 Å². The average molecular weight is 335 g/mol.